The lowest BCUT2D eigenvalue weighted by atomic mass is 9.95. The Balaban J connectivity index is 1.45. The molecule has 0 N–H and O–H groups in total. The number of fused-ring (bicyclic) bond motifs is 4. The van der Waals surface area contributed by atoms with Crippen LogP contribution in [0.5, 0.6) is 0 Å². The molecule has 0 bridgehead atoms. The maximum atomic E-state index is 5.25. The van der Waals surface area contributed by atoms with Crippen molar-refractivity contribution in [1.82, 2.24) is 9.38 Å². The lowest BCUT2D eigenvalue weighted by Crippen LogP contribution is -1.90. The van der Waals surface area contributed by atoms with E-state index in [2.05, 4.69) is 138 Å². The number of imidazole rings is 1. The molecule has 4 heterocycles. The third kappa shape index (κ3) is 3.64. The van der Waals surface area contributed by atoms with Crippen molar-refractivity contribution >= 4 is 50.1 Å². The molecule has 2 nitrogen and oxygen atoms in total. The standard InChI is InChI=1S/C35H22N2S2/c1-3-11-23(12-4-1)27-18-20-29(38-27)32-25-15-7-8-16-26(25)33(35-34(32)36-31-17-9-10-22-37(31)35)30-21-19-28(39-30)24-13-5-2-6-14-24/h1-22H. The molecule has 8 aromatic rings. The summed E-state index contributed by atoms with van der Waals surface area (Å²) in [6, 6.07) is 45.4. The molecule has 0 atom stereocenters. The van der Waals surface area contributed by atoms with Gasteiger partial charge in [-0.05, 0) is 58.3 Å². The van der Waals surface area contributed by atoms with Crippen molar-refractivity contribution in [1.29, 1.82) is 0 Å². The maximum Gasteiger partial charge on any atom is 0.137 e. The Morgan fingerprint density at radius 1 is 0.462 bits per heavy atom. The van der Waals surface area contributed by atoms with Crippen molar-refractivity contribution < 1.29 is 0 Å². The van der Waals surface area contributed by atoms with Crippen LogP contribution in [0.4, 0.5) is 0 Å². The van der Waals surface area contributed by atoms with Crippen molar-refractivity contribution in [3.63, 3.8) is 0 Å². The predicted molar refractivity (Wildman–Crippen MR) is 168 cm³/mol. The molecule has 4 aromatic carbocycles. The lowest BCUT2D eigenvalue weighted by Gasteiger charge is -2.13. The number of aromatic nitrogens is 2. The van der Waals surface area contributed by atoms with Crippen molar-refractivity contribution in [3.05, 3.63) is 134 Å². The number of rotatable bonds is 4. The van der Waals surface area contributed by atoms with E-state index < -0.39 is 0 Å². The Hall–Kier alpha value is -4.51. The average molecular weight is 535 g/mol. The van der Waals surface area contributed by atoms with Gasteiger partial charge < -0.3 is 0 Å². The molecule has 0 unspecified atom stereocenters. The van der Waals surface area contributed by atoms with Crippen LogP contribution < -0.4 is 0 Å². The summed E-state index contributed by atoms with van der Waals surface area (Å²) in [6.07, 6.45) is 2.14. The minimum absolute atomic E-state index is 0.963. The zero-order valence-corrected chi connectivity index (χ0v) is 22.5. The first-order valence-corrected chi connectivity index (χ1v) is 14.6. The highest BCUT2D eigenvalue weighted by Crippen LogP contribution is 2.48. The van der Waals surface area contributed by atoms with Gasteiger partial charge in [-0.2, -0.15) is 0 Å². The van der Waals surface area contributed by atoms with Gasteiger partial charge in [0.1, 0.15) is 5.65 Å². The minimum Gasteiger partial charge on any atom is -0.299 e. The molecule has 39 heavy (non-hydrogen) atoms. The summed E-state index contributed by atoms with van der Waals surface area (Å²) in [5.74, 6) is 0. The van der Waals surface area contributed by atoms with E-state index >= 15 is 0 Å². The number of thiophene rings is 2. The Morgan fingerprint density at radius 2 is 0.974 bits per heavy atom. The van der Waals surface area contributed by atoms with Gasteiger partial charge in [0.15, 0.2) is 0 Å². The fourth-order valence-corrected chi connectivity index (χ4v) is 7.69. The summed E-state index contributed by atoms with van der Waals surface area (Å²) in [6.45, 7) is 0. The van der Waals surface area contributed by atoms with E-state index in [1.165, 1.54) is 52.5 Å². The first-order chi connectivity index (χ1) is 19.3. The van der Waals surface area contributed by atoms with Crippen LogP contribution in [0.2, 0.25) is 0 Å². The number of hydrogen-bond donors (Lipinski definition) is 0. The van der Waals surface area contributed by atoms with Crippen LogP contribution in [0.25, 0.3) is 69.2 Å². The van der Waals surface area contributed by atoms with E-state index in [0.717, 1.165) is 16.7 Å². The Bertz CT molecular complexity index is 2110. The van der Waals surface area contributed by atoms with E-state index in [9.17, 15) is 0 Å². The van der Waals surface area contributed by atoms with Crippen molar-refractivity contribution in [2.45, 2.75) is 0 Å². The van der Waals surface area contributed by atoms with Crippen LogP contribution in [0.15, 0.2) is 134 Å². The van der Waals surface area contributed by atoms with Crippen LogP contribution in [0, 0.1) is 0 Å². The molecule has 0 fully saturated rings. The fourth-order valence-electron chi connectivity index (χ4n) is 5.54. The molecule has 0 aliphatic rings. The van der Waals surface area contributed by atoms with E-state index in [0.29, 0.717) is 0 Å². The molecule has 0 aliphatic carbocycles. The van der Waals surface area contributed by atoms with Crippen LogP contribution in [-0.4, -0.2) is 9.38 Å². The molecule has 4 heteroatoms. The fraction of sp³-hybridized carbons (Fsp3) is 0. The van der Waals surface area contributed by atoms with Gasteiger partial charge >= 0.3 is 0 Å². The van der Waals surface area contributed by atoms with Crippen LogP contribution in [0.3, 0.4) is 0 Å². The molecular weight excluding hydrogens is 513 g/mol. The first-order valence-electron chi connectivity index (χ1n) is 13.0. The van der Waals surface area contributed by atoms with E-state index in [1.807, 2.05) is 22.7 Å². The van der Waals surface area contributed by atoms with Crippen molar-refractivity contribution in [2.24, 2.45) is 0 Å². The average Bonchev–Trinajstić information content (AvgIpc) is 3.76. The monoisotopic (exact) mass is 534 g/mol. The zero-order chi connectivity index (χ0) is 25.8. The van der Waals surface area contributed by atoms with E-state index in [-0.39, 0.29) is 0 Å². The Kier molecular flexibility index (Phi) is 5.22. The highest BCUT2D eigenvalue weighted by atomic mass is 32.1. The number of benzene rings is 4. The van der Waals surface area contributed by atoms with Crippen LogP contribution >= 0.6 is 22.7 Å². The van der Waals surface area contributed by atoms with Gasteiger partial charge in [0, 0.05) is 36.8 Å². The minimum atomic E-state index is 0.963. The Morgan fingerprint density at radius 3 is 1.62 bits per heavy atom. The predicted octanol–water partition coefficient (Wildman–Crippen LogP) is 10.4. The van der Waals surface area contributed by atoms with E-state index in [1.54, 1.807) is 0 Å². The molecule has 0 saturated heterocycles. The quantitative estimate of drug-likeness (QED) is 0.219. The van der Waals surface area contributed by atoms with Gasteiger partial charge in [-0.3, -0.25) is 4.40 Å². The number of hydrogen-bond acceptors (Lipinski definition) is 3. The van der Waals surface area contributed by atoms with Gasteiger partial charge in [0.25, 0.3) is 0 Å². The topological polar surface area (TPSA) is 17.3 Å². The zero-order valence-electron chi connectivity index (χ0n) is 20.9. The molecule has 8 rings (SSSR count). The highest BCUT2D eigenvalue weighted by molar-refractivity contribution is 7.19. The van der Waals surface area contributed by atoms with Crippen LogP contribution in [-0.2, 0) is 0 Å². The SMILES string of the molecule is c1ccc(-c2ccc(-c3c4ccccc4c(-c4ccc(-c5ccccc5)s4)c4c3nc3ccccn34)s2)cc1. The normalized spacial score (nSPS) is 11.6. The summed E-state index contributed by atoms with van der Waals surface area (Å²) in [4.78, 5) is 10.3. The summed E-state index contributed by atoms with van der Waals surface area (Å²) in [7, 11) is 0. The molecule has 0 saturated carbocycles. The second kappa shape index (κ2) is 9.05. The van der Waals surface area contributed by atoms with Crippen molar-refractivity contribution in [2.75, 3.05) is 0 Å². The summed E-state index contributed by atoms with van der Waals surface area (Å²) in [5, 5.41) is 2.49. The Labute approximate surface area is 234 Å². The molecule has 0 aliphatic heterocycles. The highest BCUT2D eigenvalue weighted by Gasteiger charge is 2.23. The largest absolute Gasteiger partial charge is 0.299 e. The molecule has 0 radical (unpaired) electrons. The second-order valence-electron chi connectivity index (χ2n) is 9.59. The lowest BCUT2D eigenvalue weighted by molar-refractivity contribution is 1.23. The summed E-state index contributed by atoms with van der Waals surface area (Å²) >= 11 is 3.68. The maximum absolute atomic E-state index is 5.25. The van der Waals surface area contributed by atoms with E-state index in [4.69, 9.17) is 4.98 Å². The van der Waals surface area contributed by atoms with Gasteiger partial charge in [-0.1, -0.05) is 91.0 Å². The molecule has 184 valence electrons. The molecule has 4 aromatic heterocycles. The summed E-state index contributed by atoms with van der Waals surface area (Å²) in [5.41, 5.74) is 8.12. The number of nitrogens with zero attached hydrogens (tertiary/aromatic N) is 2. The van der Waals surface area contributed by atoms with Crippen molar-refractivity contribution in [3.8, 4) is 41.8 Å². The smallest absolute Gasteiger partial charge is 0.137 e. The van der Waals surface area contributed by atoms with Gasteiger partial charge in [0.2, 0.25) is 0 Å². The second-order valence-corrected chi connectivity index (χ2v) is 11.8. The third-order valence-corrected chi connectivity index (χ3v) is 9.59. The third-order valence-electron chi connectivity index (χ3n) is 7.29. The van der Waals surface area contributed by atoms with Crippen LogP contribution in [0.1, 0.15) is 0 Å². The van der Waals surface area contributed by atoms with Gasteiger partial charge in [0.05, 0.1) is 11.0 Å². The molecule has 0 spiro atoms. The molecule has 0 amide bonds. The summed E-state index contributed by atoms with van der Waals surface area (Å²) < 4.78 is 2.26. The first kappa shape index (κ1) is 22.5. The van der Waals surface area contributed by atoms with Gasteiger partial charge in [-0.15, -0.1) is 22.7 Å². The van der Waals surface area contributed by atoms with Gasteiger partial charge in [-0.25, -0.2) is 4.98 Å². The number of pyridine rings is 1. The molecular formula is C35H22N2S2.